The zero-order valence-electron chi connectivity index (χ0n) is 10.4. The van der Waals surface area contributed by atoms with Crippen LogP contribution in [-0.2, 0) is 6.54 Å². The predicted octanol–water partition coefficient (Wildman–Crippen LogP) is 3.69. The quantitative estimate of drug-likeness (QED) is 0.790. The highest BCUT2D eigenvalue weighted by Crippen LogP contribution is 2.45. The zero-order valence-corrected chi connectivity index (χ0v) is 11.1. The lowest BCUT2D eigenvalue weighted by Crippen LogP contribution is -2.13. The molecular weight excluding hydrogens is 250 g/mol. The highest BCUT2D eigenvalue weighted by atomic mass is 35.5. The SMILES string of the molecule is CCCn1c(=O)oc2cc(C(Cl)C3CC3)ccc21. The van der Waals surface area contributed by atoms with E-state index in [1.807, 2.05) is 25.1 Å². The van der Waals surface area contributed by atoms with Crippen molar-refractivity contribution < 1.29 is 4.42 Å². The second-order valence-corrected chi connectivity index (χ2v) is 5.46. The van der Waals surface area contributed by atoms with Gasteiger partial charge in [-0.1, -0.05) is 13.0 Å². The molecule has 4 heteroatoms. The highest BCUT2D eigenvalue weighted by molar-refractivity contribution is 6.21. The lowest BCUT2D eigenvalue weighted by atomic mass is 10.1. The molecule has 96 valence electrons. The Bertz CT molecular complexity index is 624. The molecule has 3 rings (SSSR count). The number of aromatic nitrogens is 1. The maximum absolute atomic E-state index is 11.7. The van der Waals surface area contributed by atoms with Gasteiger partial charge in [-0.15, -0.1) is 11.6 Å². The molecule has 0 saturated heterocycles. The van der Waals surface area contributed by atoms with Gasteiger partial charge in [-0.25, -0.2) is 4.79 Å². The molecule has 1 saturated carbocycles. The molecule has 0 spiro atoms. The molecule has 1 aromatic carbocycles. The molecule has 0 N–H and O–H groups in total. The number of aryl methyl sites for hydroxylation is 1. The van der Waals surface area contributed by atoms with E-state index in [2.05, 4.69) is 0 Å². The minimum absolute atomic E-state index is 0.0502. The second kappa shape index (κ2) is 4.47. The van der Waals surface area contributed by atoms with Gasteiger partial charge in [0, 0.05) is 6.54 Å². The number of hydrogen-bond acceptors (Lipinski definition) is 2. The Morgan fingerprint density at radius 3 is 2.94 bits per heavy atom. The van der Waals surface area contributed by atoms with Crippen LogP contribution in [0, 0.1) is 5.92 Å². The summed E-state index contributed by atoms with van der Waals surface area (Å²) < 4.78 is 6.97. The average Bonchev–Trinajstić information content (AvgIpc) is 3.15. The number of alkyl halides is 1. The van der Waals surface area contributed by atoms with Crippen LogP contribution in [0.1, 0.15) is 37.1 Å². The van der Waals surface area contributed by atoms with E-state index in [1.165, 1.54) is 12.8 Å². The molecule has 1 heterocycles. The van der Waals surface area contributed by atoms with Gasteiger partial charge in [-0.2, -0.15) is 0 Å². The second-order valence-electron chi connectivity index (χ2n) is 4.99. The summed E-state index contributed by atoms with van der Waals surface area (Å²) in [5, 5.41) is 0.0502. The van der Waals surface area contributed by atoms with Crippen LogP contribution in [0.3, 0.4) is 0 Å². The topological polar surface area (TPSA) is 35.1 Å². The summed E-state index contributed by atoms with van der Waals surface area (Å²) in [6.45, 7) is 2.74. The van der Waals surface area contributed by atoms with Gasteiger partial charge in [-0.3, -0.25) is 4.57 Å². The number of oxazole rings is 1. The molecule has 0 radical (unpaired) electrons. The minimum atomic E-state index is -0.276. The third-order valence-electron chi connectivity index (χ3n) is 3.49. The molecule has 2 aromatic rings. The average molecular weight is 266 g/mol. The van der Waals surface area contributed by atoms with Crippen LogP contribution in [0.25, 0.3) is 11.1 Å². The Labute approximate surface area is 110 Å². The summed E-state index contributed by atoms with van der Waals surface area (Å²) in [6, 6.07) is 5.88. The van der Waals surface area contributed by atoms with Crippen molar-refractivity contribution in [3.63, 3.8) is 0 Å². The third-order valence-corrected chi connectivity index (χ3v) is 4.10. The smallest absolute Gasteiger partial charge is 0.408 e. The van der Waals surface area contributed by atoms with E-state index < -0.39 is 0 Å². The molecular formula is C14H16ClNO2. The Morgan fingerprint density at radius 1 is 1.50 bits per heavy atom. The first-order valence-corrected chi connectivity index (χ1v) is 6.91. The van der Waals surface area contributed by atoms with Crippen LogP contribution in [0.4, 0.5) is 0 Å². The van der Waals surface area contributed by atoms with Crippen molar-refractivity contribution in [2.45, 2.75) is 38.1 Å². The third kappa shape index (κ3) is 1.97. The van der Waals surface area contributed by atoms with Gasteiger partial charge in [0.05, 0.1) is 10.9 Å². The van der Waals surface area contributed by atoms with Crippen LogP contribution in [0.2, 0.25) is 0 Å². The Balaban J connectivity index is 2.04. The van der Waals surface area contributed by atoms with E-state index in [1.54, 1.807) is 4.57 Å². The molecule has 1 fully saturated rings. The van der Waals surface area contributed by atoms with Gasteiger partial charge in [0.1, 0.15) is 0 Å². The molecule has 1 aliphatic rings. The highest BCUT2D eigenvalue weighted by Gasteiger charge is 2.31. The Hall–Kier alpha value is -1.22. The summed E-state index contributed by atoms with van der Waals surface area (Å²) in [7, 11) is 0. The van der Waals surface area contributed by atoms with Crippen molar-refractivity contribution in [2.75, 3.05) is 0 Å². The van der Waals surface area contributed by atoms with Gasteiger partial charge < -0.3 is 4.42 Å². The summed E-state index contributed by atoms with van der Waals surface area (Å²) in [5.41, 5.74) is 2.58. The number of benzene rings is 1. The zero-order chi connectivity index (χ0) is 12.7. The summed E-state index contributed by atoms with van der Waals surface area (Å²) in [6.07, 6.45) is 3.32. The number of rotatable bonds is 4. The maximum atomic E-state index is 11.7. The lowest BCUT2D eigenvalue weighted by Gasteiger charge is -2.07. The molecule has 18 heavy (non-hydrogen) atoms. The van der Waals surface area contributed by atoms with Crippen LogP contribution in [0.5, 0.6) is 0 Å². The fourth-order valence-corrected chi connectivity index (χ4v) is 2.74. The van der Waals surface area contributed by atoms with E-state index in [-0.39, 0.29) is 11.1 Å². The van der Waals surface area contributed by atoms with Gasteiger partial charge in [0.25, 0.3) is 0 Å². The van der Waals surface area contributed by atoms with Crippen molar-refractivity contribution in [3.8, 4) is 0 Å². The first-order chi connectivity index (χ1) is 8.70. The minimum Gasteiger partial charge on any atom is -0.408 e. The lowest BCUT2D eigenvalue weighted by molar-refractivity contribution is 0.502. The molecule has 0 aliphatic heterocycles. The number of nitrogens with zero attached hydrogens (tertiary/aromatic N) is 1. The Morgan fingerprint density at radius 2 is 2.28 bits per heavy atom. The predicted molar refractivity (Wildman–Crippen MR) is 72.1 cm³/mol. The molecule has 0 amide bonds. The van der Waals surface area contributed by atoms with Gasteiger partial charge in [0.15, 0.2) is 5.58 Å². The molecule has 3 nitrogen and oxygen atoms in total. The fourth-order valence-electron chi connectivity index (χ4n) is 2.35. The van der Waals surface area contributed by atoms with Crippen molar-refractivity contribution in [2.24, 2.45) is 5.92 Å². The largest absolute Gasteiger partial charge is 0.419 e. The summed E-state index contributed by atoms with van der Waals surface area (Å²) >= 11 is 6.39. The number of halogens is 1. The van der Waals surface area contributed by atoms with Gasteiger partial charge >= 0.3 is 5.76 Å². The number of hydrogen-bond donors (Lipinski definition) is 0. The molecule has 1 unspecified atom stereocenters. The van der Waals surface area contributed by atoms with Crippen LogP contribution >= 0.6 is 11.6 Å². The molecule has 1 atom stereocenters. The Kier molecular flexibility index (Phi) is 2.94. The number of fused-ring (bicyclic) bond motifs is 1. The molecule has 1 aliphatic carbocycles. The van der Waals surface area contributed by atoms with E-state index in [0.29, 0.717) is 18.0 Å². The first-order valence-electron chi connectivity index (χ1n) is 6.48. The van der Waals surface area contributed by atoms with Crippen LogP contribution in [0.15, 0.2) is 27.4 Å². The molecule has 1 aromatic heterocycles. The van der Waals surface area contributed by atoms with Crippen LogP contribution < -0.4 is 5.76 Å². The summed E-state index contributed by atoms with van der Waals surface area (Å²) in [4.78, 5) is 11.7. The standard InChI is InChI=1S/C14H16ClNO2/c1-2-7-16-11-6-5-10(13(15)9-3-4-9)8-12(11)18-14(16)17/h5-6,8-9,13H,2-4,7H2,1H3. The van der Waals surface area contributed by atoms with Gasteiger partial charge in [-0.05, 0) is 42.9 Å². The molecule has 0 bridgehead atoms. The van der Waals surface area contributed by atoms with Crippen LogP contribution in [-0.4, -0.2) is 4.57 Å². The van der Waals surface area contributed by atoms with Crippen molar-refractivity contribution in [1.29, 1.82) is 0 Å². The van der Waals surface area contributed by atoms with E-state index >= 15 is 0 Å². The van der Waals surface area contributed by atoms with E-state index in [4.69, 9.17) is 16.0 Å². The normalized spacial score (nSPS) is 17.2. The van der Waals surface area contributed by atoms with E-state index in [9.17, 15) is 4.79 Å². The van der Waals surface area contributed by atoms with E-state index in [0.717, 1.165) is 17.5 Å². The van der Waals surface area contributed by atoms with Crippen molar-refractivity contribution >= 4 is 22.7 Å². The van der Waals surface area contributed by atoms with Gasteiger partial charge in [0.2, 0.25) is 0 Å². The monoisotopic (exact) mass is 265 g/mol. The summed E-state index contributed by atoms with van der Waals surface area (Å²) in [5.74, 6) is 0.315. The maximum Gasteiger partial charge on any atom is 0.419 e. The van der Waals surface area contributed by atoms with Crippen molar-refractivity contribution in [1.82, 2.24) is 4.57 Å². The van der Waals surface area contributed by atoms with Crippen molar-refractivity contribution in [3.05, 3.63) is 34.3 Å². The first kappa shape index (κ1) is 11.8. The fraction of sp³-hybridized carbons (Fsp3) is 0.500.